The predicted molar refractivity (Wildman–Crippen MR) is 53.1 cm³/mol. The van der Waals surface area contributed by atoms with Gasteiger partial charge in [0.2, 0.25) is 5.22 Å². The number of rotatable bonds is 2. The molecule has 0 spiro atoms. The second-order valence-corrected chi connectivity index (χ2v) is 3.67. The Bertz CT molecular complexity index is 433. The fourth-order valence-electron chi connectivity index (χ4n) is 1.29. The number of halogens is 1. The van der Waals surface area contributed by atoms with Crippen molar-refractivity contribution < 1.29 is 4.52 Å². The van der Waals surface area contributed by atoms with Gasteiger partial charge in [-0.25, -0.2) is 4.98 Å². The summed E-state index contributed by atoms with van der Waals surface area (Å²) in [6, 6.07) is 2.01. The quantitative estimate of drug-likeness (QED) is 0.767. The van der Waals surface area contributed by atoms with Crippen LogP contribution in [-0.2, 0) is 0 Å². The molecule has 0 saturated heterocycles. The molecule has 0 saturated carbocycles. The molecule has 0 aliphatic rings. The van der Waals surface area contributed by atoms with Crippen LogP contribution in [0.1, 0.15) is 19.9 Å². The van der Waals surface area contributed by atoms with Crippen LogP contribution in [0.4, 0.5) is 0 Å². The van der Waals surface area contributed by atoms with E-state index >= 15 is 0 Å². The first-order chi connectivity index (χ1) is 6.68. The molecule has 2 aromatic heterocycles. The minimum atomic E-state index is 0.288. The molecule has 2 aromatic rings. The average Bonchev–Trinajstić information content (AvgIpc) is 2.70. The molecule has 0 aliphatic heterocycles. The van der Waals surface area contributed by atoms with E-state index in [0.717, 1.165) is 5.69 Å². The van der Waals surface area contributed by atoms with E-state index in [9.17, 15) is 0 Å². The zero-order valence-electron chi connectivity index (χ0n) is 7.94. The smallest absolute Gasteiger partial charge is 0.226 e. The molecule has 0 aliphatic carbocycles. The minimum Gasteiger partial charge on any atom is -0.344 e. The monoisotopic (exact) mass is 211 g/mol. The fourth-order valence-corrected chi connectivity index (χ4v) is 1.43. The topological polar surface area (TPSA) is 43.9 Å². The number of imidazole rings is 1. The molecule has 2 rings (SSSR count). The van der Waals surface area contributed by atoms with Crippen LogP contribution >= 0.6 is 11.6 Å². The lowest BCUT2D eigenvalue weighted by Crippen LogP contribution is -2.00. The van der Waals surface area contributed by atoms with Crippen LogP contribution in [0.3, 0.4) is 0 Å². The Kier molecular flexibility index (Phi) is 2.29. The van der Waals surface area contributed by atoms with Gasteiger partial charge >= 0.3 is 0 Å². The molecule has 14 heavy (non-hydrogen) atoms. The van der Waals surface area contributed by atoms with E-state index in [-0.39, 0.29) is 5.22 Å². The van der Waals surface area contributed by atoms with Gasteiger partial charge in [0.15, 0.2) is 0 Å². The fraction of sp³-hybridized carbons (Fsp3) is 0.333. The molecule has 0 aromatic carbocycles. The Morgan fingerprint density at radius 2 is 2.29 bits per heavy atom. The lowest BCUT2D eigenvalue weighted by molar-refractivity contribution is 0.423. The summed E-state index contributed by atoms with van der Waals surface area (Å²) in [5, 5.41) is 4.12. The Morgan fingerprint density at radius 1 is 1.50 bits per heavy atom. The lowest BCUT2D eigenvalue weighted by Gasteiger charge is -2.08. The van der Waals surface area contributed by atoms with Gasteiger partial charge in [0, 0.05) is 12.1 Å². The maximum Gasteiger partial charge on any atom is 0.226 e. The molecule has 0 fully saturated rings. The average molecular weight is 212 g/mol. The van der Waals surface area contributed by atoms with Crippen molar-refractivity contribution in [3.8, 4) is 11.4 Å². The highest BCUT2D eigenvalue weighted by Gasteiger charge is 2.11. The Hall–Kier alpha value is -1.29. The van der Waals surface area contributed by atoms with Crippen molar-refractivity contribution >= 4 is 11.6 Å². The van der Waals surface area contributed by atoms with E-state index in [0.29, 0.717) is 11.7 Å². The normalized spacial score (nSPS) is 11.1. The van der Waals surface area contributed by atoms with Crippen molar-refractivity contribution in [2.24, 2.45) is 0 Å². The van der Waals surface area contributed by atoms with Crippen LogP contribution in [0.25, 0.3) is 11.4 Å². The molecule has 0 radical (unpaired) electrons. The first kappa shape index (κ1) is 9.27. The number of aromatic nitrogens is 3. The van der Waals surface area contributed by atoms with Gasteiger partial charge in [-0.05, 0) is 25.4 Å². The lowest BCUT2D eigenvalue weighted by atomic mass is 10.3. The van der Waals surface area contributed by atoms with Crippen LogP contribution in [0.2, 0.25) is 5.22 Å². The van der Waals surface area contributed by atoms with Crippen molar-refractivity contribution in [2.75, 3.05) is 0 Å². The van der Waals surface area contributed by atoms with Crippen molar-refractivity contribution in [1.29, 1.82) is 0 Å². The molecular weight excluding hydrogens is 202 g/mol. The number of nitrogens with zero attached hydrogens (tertiary/aromatic N) is 3. The summed E-state index contributed by atoms with van der Waals surface area (Å²) < 4.78 is 6.81. The van der Waals surface area contributed by atoms with Gasteiger partial charge < -0.3 is 9.09 Å². The van der Waals surface area contributed by atoms with Gasteiger partial charge in [0.1, 0.15) is 5.69 Å². The van der Waals surface area contributed by atoms with Crippen LogP contribution in [-0.4, -0.2) is 14.7 Å². The minimum absolute atomic E-state index is 0.288. The zero-order valence-corrected chi connectivity index (χ0v) is 8.69. The van der Waals surface area contributed by atoms with Crippen molar-refractivity contribution in [1.82, 2.24) is 14.7 Å². The summed E-state index contributed by atoms with van der Waals surface area (Å²) in [6.07, 6.45) is 3.51. The molecule has 0 amide bonds. The van der Waals surface area contributed by atoms with E-state index in [2.05, 4.69) is 24.0 Å². The molecule has 0 bridgehead atoms. The predicted octanol–water partition coefficient (Wildman–Crippen LogP) is 2.77. The Balaban J connectivity index is 2.46. The van der Waals surface area contributed by atoms with E-state index in [1.165, 1.54) is 0 Å². The van der Waals surface area contributed by atoms with Crippen LogP contribution < -0.4 is 0 Å². The van der Waals surface area contributed by atoms with Crippen molar-refractivity contribution in [3.63, 3.8) is 0 Å². The molecular formula is C9H10ClN3O. The van der Waals surface area contributed by atoms with Gasteiger partial charge in [-0.3, -0.25) is 0 Å². The van der Waals surface area contributed by atoms with Crippen LogP contribution in [0, 0.1) is 0 Å². The summed E-state index contributed by atoms with van der Waals surface area (Å²) in [6.45, 7) is 4.15. The first-order valence-electron chi connectivity index (χ1n) is 4.33. The first-order valence-corrected chi connectivity index (χ1v) is 4.70. The highest BCUT2D eigenvalue weighted by atomic mass is 35.5. The van der Waals surface area contributed by atoms with Gasteiger partial charge in [-0.15, -0.1) is 0 Å². The third kappa shape index (κ3) is 1.53. The van der Waals surface area contributed by atoms with Crippen LogP contribution in [0.15, 0.2) is 23.1 Å². The SMILES string of the molecule is CC(C)n1cncc1-c1cc(Cl)on1. The molecule has 0 atom stereocenters. The maximum atomic E-state index is 5.65. The Morgan fingerprint density at radius 3 is 2.86 bits per heavy atom. The summed E-state index contributed by atoms with van der Waals surface area (Å²) in [5.41, 5.74) is 1.62. The third-order valence-electron chi connectivity index (χ3n) is 1.97. The highest BCUT2D eigenvalue weighted by Crippen LogP contribution is 2.23. The second kappa shape index (κ2) is 3.46. The van der Waals surface area contributed by atoms with Crippen molar-refractivity contribution in [3.05, 3.63) is 23.8 Å². The Labute approximate surface area is 86.5 Å². The highest BCUT2D eigenvalue weighted by molar-refractivity contribution is 6.29. The molecule has 2 heterocycles. The summed E-state index contributed by atoms with van der Waals surface area (Å²) in [7, 11) is 0. The van der Waals surface area contributed by atoms with E-state index < -0.39 is 0 Å². The molecule has 74 valence electrons. The van der Waals surface area contributed by atoms with E-state index in [1.54, 1.807) is 18.6 Å². The zero-order chi connectivity index (χ0) is 10.1. The summed E-state index contributed by atoms with van der Waals surface area (Å²) in [4.78, 5) is 4.07. The number of hydrogen-bond acceptors (Lipinski definition) is 3. The van der Waals surface area contributed by atoms with E-state index in [1.807, 2.05) is 4.57 Å². The number of hydrogen-bond donors (Lipinski definition) is 0. The van der Waals surface area contributed by atoms with Crippen LogP contribution in [0.5, 0.6) is 0 Å². The van der Waals surface area contributed by atoms with Gasteiger partial charge in [0.05, 0.1) is 18.2 Å². The largest absolute Gasteiger partial charge is 0.344 e. The summed E-state index contributed by atoms with van der Waals surface area (Å²) >= 11 is 5.65. The third-order valence-corrected chi connectivity index (χ3v) is 2.14. The molecule has 0 N–H and O–H groups in total. The molecule has 5 heteroatoms. The molecule has 4 nitrogen and oxygen atoms in total. The standard InChI is InChI=1S/C9H10ClN3O/c1-6(2)13-5-11-4-8(13)7-3-9(10)14-12-7/h3-6H,1-2H3. The maximum absolute atomic E-state index is 5.65. The summed E-state index contributed by atoms with van der Waals surface area (Å²) in [5.74, 6) is 0. The van der Waals surface area contributed by atoms with E-state index in [4.69, 9.17) is 16.1 Å². The molecule has 0 unspecified atom stereocenters. The van der Waals surface area contributed by atoms with Gasteiger partial charge in [-0.1, -0.05) is 5.16 Å². The van der Waals surface area contributed by atoms with Crippen molar-refractivity contribution in [2.45, 2.75) is 19.9 Å². The van der Waals surface area contributed by atoms with Gasteiger partial charge in [-0.2, -0.15) is 0 Å². The van der Waals surface area contributed by atoms with Gasteiger partial charge in [0.25, 0.3) is 0 Å². The second-order valence-electron chi connectivity index (χ2n) is 3.30.